The Hall–Kier alpha value is -1.30. The van der Waals surface area contributed by atoms with Crippen LogP contribution in [0.1, 0.15) is 27.7 Å². The van der Waals surface area contributed by atoms with Gasteiger partial charge in [-0.05, 0) is 19.9 Å². The van der Waals surface area contributed by atoms with Gasteiger partial charge in [0.25, 0.3) is 5.91 Å². The first-order valence-electron chi connectivity index (χ1n) is 6.15. The summed E-state index contributed by atoms with van der Waals surface area (Å²) in [5.41, 5.74) is 0.431. The number of carboxylic acids is 1. The van der Waals surface area contributed by atoms with E-state index in [9.17, 15) is 19.5 Å². The molecular weight excluding hydrogens is 266 g/mol. The number of amides is 1. The lowest BCUT2D eigenvalue weighted by Crippen LogP contribution is -2.58. The molecule has 2 heterocycles. The summed E-state index contributed by atoms with van der Waals surface area (Å²) in [4.78, 5) is 36.4. The minimum Gasteiger partial charge on any atom is -0.480 e. The molecule has 0 unspecified atom stereocenters. The number of rotatable bonds is 3. The summed E-state index contributed by atoms with van der Waals surface area (Å²) in [7, 11) is 0. The predicted molar refractivity (Wildman–Crippen MR) is 71.7 cm³/mol. The highest BCUT2D eigenvalue weighted by Crippen LogP contribution is 2.52. The number of hydrogen-bond donors (Lipinski definition) is 1. The van der Waals surface area contributed by atoms with Crippen LogP contribution in [0.25, 0.3) is 0 Å². The normalized spacial score (nSPS) is 30.5. The van der Waals surface area contributed by atoms with Crippen molar-refractivity contribution in [1.29, 1.82) is 0 Å². The number of carbonyl (C=O) groups is 3. The van der Waals surface area contributed by atoms with E-state index in [0.717, 1.165) is 0 Å². The molecule has 0 bridgehead atoms. The van der Waals surface area contributed by atoms with Gasteiger partial charge in [0.15, 0.2) is 5.78 Å². The van der Waals surface area contributed by atoms with E-state index in [4.69, 9.17) is 0 Å². The average Bonchev–Trinajstić information content (AvgIpc) is 2.54. The van der Waals surface area contributed by atoms with E-state index >= 15 is 0 Å². The fourth-order valence-electron chi connectivity index (χ4n) is 2.37. The van der Waals surface area contributed by atoms with Crippen molar-refractivity contribution in [2.24, 2.45) is 5.92 Å². The number of ketones is 1. The van der Waals surface area contributed by atoms with Gasteiger partial charge in [0.2, 0.25) is 0 Å². The van der Waals surface area contributed by atoms with Crippen molar-refractivity contribution < 1.29 is 19.5 Å². The molecule has 0 aromatic rings. The van der Waals surface area contributed by atoms with Gasteiger partial charge in [0, 0.05) is 10.7 Å². The molecule has 19 heavy (non-hydrogen) atoms. The van der Waals surface area contributed by atoms with Crippen molar-refractivity contribution in [3.63, 3.8) is 0 Å². The molecule has 0 saturated carbocycles. The molecular formula is C13H17NO4S. The zero-order chi connectivity index (χ0) is 14.5. The number of allylic oxidation sites excluding steroid dienone is 1. The maximum Gasteiger partial charge on any atom is 0.327 e. The lowest BCUT2D eigenvalue weighted by Gasteiger charge is -2.38. The van der Waals surface area contributed by atoms with Gasteiger partial charge in [-0.2, -0.15) is 0 Å². The summed E-state index contributed by atoms with van der Waals surface area (Å²) in [5, 5.41) is 8.95. The summed E-state index contributed by atoms with van der Waals surface area (Å²) < 4.78 is -0.553. The fraction of sp³-hybridized carbons (Fsp3) is 0.615. The maximum atomic E-state index is 12.0. The zero-order valence-corrected chi connectivity index (χ0v) is 12.2. The Morgan fingerprint density at radius 1 is 1.42 bits per heavy atom. The zero-order valence-electron chi connectivity index (χ0n) is 11.3. The summed E-state index contributed by atoms with van der Waals surface area (Å²) in [6.07, 6.45) is 1.38. The van der Waals surface area contributed by atoms with Crippen LogP contribution in [0.3, 0.4) is 0 Å². The van der Waals surface area contributed by atoms with Crippen LogP contribution in [-0.4, -0.2) is 43.8 Å². The van der Waals surface area contributed by atoms with E-state index in [1.807, 2.05) is 13.8 Å². The molecule has 1 amide bonds. The fourth-order valence-corrected chi connectivity index (χ4v) is 3.92. The molecule has 0 aromatic carbocycles. The maximum absolute atomic E-state index is 12.0. The third-order valence-corrected chi connectivity index (χ3v) is 4.99. The standard InChI is InChI=1S/C13H17NO4S/c1-6(2)8(15)5-7-10(16)14-9(12(17)18)13(3,4)19-11(7)14/h5-6,9,11H,1-4H3,(H,17,18)/b7-5+/t9-,11+/m0/s1. The highest BCUT2D eigenvalue weighted by Gasteiger charge is 2.61. The predicted octanol–water partition coefficient (Wildman–Crippen LogP) is 1.28. The van der Waals surface area contributed by atoms with Gasteiger partial charge in [0.1, 0.15) is 11.4 Å². The van der Waals surface area contributed by atoms with Crippen LogP contribution in [0.4, 0.5) is 0 Å². The third-order valence-electron chi connectivity index (χ3n) is 3.45. The van der Waals surface area contributed by atoms with E-state index in [-0.39, 0.29) is 23.0 Å². The van der Waals surface area contributed by atoms with Gasteiger partial charge in [-0.25, -0.2) is 4.79 Å². The van der Waals surface area contributed by atoms with E-state index < -0.39 is 16.8 Å². The Kier molecular flexibility index (Phi) is 3.24. The SMILES string of the molecule is CC(C)C(=O)/C=C1\C(=O)N2[C@@H]1SC(C)(C)[C@@H]2C(=O)O. The van der Waals surface area contributed by atoms with E-state index in [0.29, 0.717) is 5.57 Å². The number of carbonyl (C=O) groups excluding carboxylic acids is 2. The highest BCUT2D eigenvalue weighted by molar-refractivity contribution is 8.01. The minimum atomic E-state index is -0.998. The minimum absolute atomic E-state index is 0.0971. The van der Waals surface area contributed by atoms with Crippen LogP contribution in [0.15, 0.2) is 11.6 Å². The smallest absolute Gasteiger partial charge is 0.327 e. The number of carboxylic acid groups (broad SMARTS) is 1. The third kappa shape index (κ3) is 2.08. The second kappa shape index (κ2) is 4.37. The number of fused-ring (bicyclic) bond motifs is 1. The van der Waals surface area contributed by atoms with E-state index in [1.54, 1.807) is 13.8 Å². The molecule has 2 atom stereocenters. The molecule has 1 N–H and O–H groups in total. The summed E-state index contributed by atoms with van der Waals surface area (Å²) in [6.45, 7) is 7.16. The molecule has 0 aliphatic carbocycles. The van der Waals surface area contributed by atoms with Gasteiger partial charge in [-0.1, -0.05) is 13.8 Å². The van der Waals surface area contributed by atoms with Gasteiger partial charge < -0.3 is 10.0 Å². The second-order valence-corrected chi connectivity index (χ2v) is 7.42. The quantitative estimate of drug-likeness (QED) is 0.624. The van der Waals surface area contributed by atoms with Crippen molar-refractivity contribution in [1.82, 2.24) is 4.90 Å². The second-order valence-electron chi connectivity index (χ2n) is 5.68. The van der Waals surface area contributed by atoms with Gasteiger partial charge in [0.05, 0.1) is 5.57 Å². The molecule has 2 rings (SSSR count). The topological polar surface area (TPSA) is 74.7 Å². The Bertz CT molecular complexity index is 495. The molecule has 2 fully saturated rings. The molecule has 104 valence electrons. The molecule has 2 saturated heterocycles. The summed E-state index contributed by atoms with van der Waals surface area (Å²) >= 11 is 1.42. The monoisotopic (exact) mass is 283 g/mol. The molecule has 0 spiro atoms. The molecule has 5 nitrogen and oxygen atoms in total. The molecule has 2 aliphatic rings. The van der Waals surface area contributed by atoms with Crippen molar-refractivity contribution in [3.8, 4) is 0 Å². The first-order valence-corrected chi connectivity index (χ1v) is 7.03. The van der Waals surface area contributed by atoms with Gasteiger partial charge in [-0.3, -0.25) is 9.59 Å². The molecule has 0 radical (unpaired) electrons. The van der Waals surface area contributed by atoms with Crippen LogP contribution >= 0.6 is 11.8 Å². The van der Waals surface area contributed by atoms with Crippen molar-refractivity contribution >= 4 is 29.4 Å². The van der Waals surface area contributed by atoms with Crippen LogP contribution in [0.5, 0.6) is 0 Å². The average molecular weight is 283 g/mol. The summed E-state index contributed by atoms with van der Waals surface area (Å²) in [5.74, 6) is -1.59. The molecule has 2 aliphatic heterocycles. The van der Waals surface area contributed by atoms with Crippen molar-refractivity contribution in [2.45, 2.75) is 43.9 Å². The lowest BCUT2D eigenvalue weighted by atomic mass is 9.94. The van der Waals surface area contributed by atoms with E-state index in [1.165, 1.54) is 22.7 Å². The Balaban J connectivity index is 2.29. The Labute approximate surface area is 116 Å². The van der Waals surface area contributed by atoms with Crippen LogP contribution < -0.4 is 0 Å². The first kappa shape index (κ1) is 14.1. The molecule has 0 aromatic heterocycles. The van der Waals surface area contributed by atoms with Crippen molar-refractivity contribution in [3.05, 3.63) is 11.6 Å². The largest absolute Gasteiger partial charge is 0.480 e. The summed E-state index contributed by atoms with van der Waals surface area (Å²) in [6, 6.07) is -0.832. The Morgan fingerprint density at radius 3 is 2.47 bits per heavy atom. The highest BCUT2D eigenvalue weighted by atomic mass is 32.2. The van der Waals surface area contributed by atoms with Crippen LogP contribution in [-0.2, 0) is 14.4 Å². The van der Waals surface area contributed by atoms with Crippen LogP contribution in [0, 0.1) is 5.92 Å². The number of hydrogen-bond acceptors (Lipinski definition) is 4. The number of thioether (sulfide) groups is 1. The van der Waals surface area contributed by atoms with E-state index in [2.05, 4.69) is 0 Å². The Morgan fingerprint density at radius 2 is 2.00 bits per heavy atom. The molecule has 6 heteroatoms. The number of nitrogens with zero attached hydrogens (tertiary/aromatic N) is 1. The van der Waals surface area contributed by atoms with Gasteiger partial charge >= 0.3 is 5.97 Å². The first-order chi connectivity index (χ1) is 8.66. The van der Waals surface area contributed by atoms with Crippen LogP contribution in [0.2, 0.25) is 0 Å². The number of β-lactam (4-membered cyclic amide) rings is 1. The number of aliphatic carboxylic acids is 1. The van der Waals surface area contributed by atoms with Crippen molar-refractivity contribution in [2.75, 3.05) is 0 Å². The lowest BCUT2D eigenvalue weighted by molar-refractivity contribution is -0.152. The van der Waals surface area contributed by atoms with Gasteiger partial charge in [-0.15, -0.1) is 11.8 Å².